The molecule has 0 aromatic carbocycles. The highest BCUT2D eigenvalue weighted by Gasteiger charge is 2.30. The minimum Gasteiger partial charge on any atom is -0.462 e. The van der Waals surface area contributed by atoms with Gasteiger partial charge in [-0.3, -0.25) is 37.3 Å². The molecule has 0 amide bonds. The summed E-state index contributed by atoms with van der Waals surface area (Å²) in [5.41, 5.74) is 0. The van der Waals surface area contributed by atoms with E-state index in [0.29, 0.717) is 25.7 Å². The highest BCUT2D eigenvalue weighted by molar-refractivity contribution is 7.47. The van der Waals surface area contributed by atoms with Crippen LogP contribution >= 0.6 is 15.6 Å². The van der Waals surface area contributed by atoms with E-state index in [9.17, 15) is 43.2 Å². The van der Waals surface area contributed by atoms with Gasteiger partial charge in [-0.05, 0) is 37.5 Å². The van der Waals surface area contributed by atoms with E-state index in [1.54, 1.807) is 0 Å². The predicted octanol–water partition coefficient (Wildman–Crippen LogP) is 23.5. The van der Waals surface area contributed by atoms with E-state index in [2.05, 4.69) is 41.5 Å². The fraction of sp³-hybridized carbons (Fsp3) is 0.949. The van der Waals surface area contributed by atoms with Crippen molar-refractivity contribution >= 4 is 39.5 Å². The van der Waals surface area contributed by atoms with Gasteiger partial charge in [-0.25, -0.2) is 9.13 Å². The molecule has 0 rings (SSSR count). The second-order valence-corrected chi connectivity index (χ2v) is 31.8. The average Bonchev–Trinajstić information content (AvgIpc) is 0.986. The fourth-order valence-electron chi connectivity index (χ4n) is 12.1. The Bertz CT molecular complexity index is 1890. The number of carbonyl (C=O) groups is 4. The Morgan fingerprint density at radius 3 is 0.724 bits per heavy atom. The van der Waals surface area contributed by atoms with Crippen LogP contribution in [0.1, 0.15) is 414 Å². The van der Waals surface area contributed by atoms with Crippen LogP contribution in [0.2, 0.25) is 0 Å². The first-order valence-corrected chi connectivity index (χ1v) is 44.1. The maximum Gasteiger partial charge on any atom is 0.472 e. The van der Waals surface area contributed by atoms with Gasteiger partial charge in [-0.2, -0.15) is 0 Å². The first-order chi connectivity index (χ1) is 47.4. The molecule has 0 aromatic heterocycles. The summed E-state index contributed by atoms with van der Waals surface area (Å²) in [7, 11) is -9.91. The zero-order chi connectivity index (χ0) is 72.1. The third kappa shape index (κ3) is 69.8. The summed E-state index contributed by atoms with van der Waals surface area (Å²) in [6.45, 7) is 9.67. The second kappa shape index (κ2) is 70.7. The fourth-order valence-corrected chi connectivity index (χ4v) is 13.7. The van der Waals surface area contributed by atoms with Crippen LogP contribution in [0.5, 0.6) is 0 Å². The van der Waals surface area contributed by atoms with Crippen molar-refractivity contribution < 1.29 is 80.2 Å². The van der Waals surface area contributed by atoms with Gasteiger partial charge in [-0.1, -0.05) is 363 Å². The highest BCUT2D eigenvalue weighted by Crippen LogP contribution is 2.45. The van der Waals surface area contributed by atoms with Crippen LogP contribution in [-0.4, -0.2) is 96.7 Å². The zero-order valence-electron chi connectivity index (χ0n) is 64.1. The van der Waals surface area contributed by atoms with Gasteiger partial charge < -0.3 is 33.8 Å². The number of phosphoric acid groups is 2. The topological polar surface area (TPSA) is 237 Å². The van der Waals surface area contributed by atoms with Crippen LogP contribution in [0.25, 0.3) is 0 Å². The lowest BCUT2D eigenvalue weighted by atomic mass is 9.99. The Kier molecular flexibility index (Phi) is 69.3. The summed E-state index contributed by atoms with van der Waals surface area (Å²) < 4.78 is 68.6. The van der Waals surface area contributed by atoms with E-state index in [1.807, 2.05) is 0 Å². The van der Waals surface area contributed by atoms with Crippen molar-refractivity contribution in [1.29, 1.82) is 0 Å². The molecule has 4 unspecified atom stereocenters. The van der Waals surface area contributed by atoms with Gasteiger partial charge >= 0.3 is 39.5 Å². The molecular formula is C79H154O17P2. The number of esters is 4. The minimum atomic E-state index is -4.96. The molecular weight excluding hydrogens is 1280 g/mol. The molecule has 0 bridgehead atoms. The Hall–Kier alpha value is -1.94. The van der Waals surface area contributed by atoms with Gasteiger partial charge in [0.2, 0.25) is 0 Å². The summed E-state index contributed by atoms with van der Waals surface area (Å²) in [6, 6.07) is 0. The lowest BCUT2D eigenvalue weighted by Crippen LogP contribution is -2.30. The van der Waals surface area contributed by atoms with Crippen LogP contribution in [0.15, 0.2) is 0 Å². The number of phosphoric ester groups is 2. The minimum absolute atomic E-state index is 0.105. The van der Waals surface area contributed by atoms with Gasteiger partial charge in [0, 0.05) is 25.7 Å². The van der Waals surface area contributed by atoms with Crippen LogP contribution < -0.4 is 0 Å². The van der Waals surface area contributed by atoms with Crippen LogP contribution in [-0.2, 0) is 65.4 Å². The van der Waals surface area contributed by atoms with Crippen LogP contribution in [0, 0.1) is 11.8 Å². The molecule has 0 radical (unpaired) electrons. The molecule has 3 N–H and O–H groups in total. The van der Waals surface area contributed by atoms with E-state index >= 15 is 0 Å². The molecule has 0 fully saturated rings. The van der Waals surface area contributed by atoms with E-state index in [0.717, 1.165) is 102 Å². The number of hydrogen-bond acceptors (Lipinski definition) is 15. The molecule has 0 aliphatic heterocycles. The predicted molar refractivity (Wildman–Crippen MR) is 400 cm³/mol. The number of unbranched alkanes of at least 4 members (excludes halogenated alkanes) is 46. The molecule has 0 saturated carbocycles. The number of aliphatic hydroxyl groups excluding tert-OH is 1. The molecule has 0 aliphatic rings. The zero-order valence-corrected chi connectivity index (χ0v) is 65.9. The van der Waals surface area contributed by atoms with Crippen molar-refractivity contribution in [2.45, 2.75) is 432 Å². The monoisotopic (exact) mass is 1440 g/mol. The van der Waals surface area contributed by atoms with Crippen LogP contribution in [0.4, 0.5) is 0 Å². The van der Waals surface area contributed by atoms with Gasteiger partial charge in [0.05, 0.1) is 26.4 Å². The normalized spacial score (nSPS) is 14.5. The first-order valence-electron chi connectivity index (χ1n) is 41.1. The molecule has 0 heterocycles. The molecule has 0 aromatic rings. The van der Waals surface area contributed by atoms with E-state index in [1.165, 1.54) is 231 Å². The smallest absolute Gasteiger partial charge is 0.462 e. The molecule has 98 heavy (non-hydrogen) atoms. The van der Waals surface area contributed by atoms with Gasteiger partial charge in [0.1, 0.15) is 19.3 Å². The SMILES string of the molecule is CCCCCCCCCCCCCCCCC(=O)OC[C@H](COP(=O)(O)OC[C@@H](O)COP(=O)(O)OC[C@@H](COC(=O)CCCCCCCCCCCC)OC(=O)CCCCCCCCCCC(C)CC)OC(=O)CCCCCCCCCCCCCCCCCCCCC(C)CC. The number of hydrogen-bond donors (Lipinski definition) is 3. The number of ether oxygens (including phenoxy) is 4. The van der Waals surface area contributed by atoms with E-state index < -0.39 is 97.5 Å². The summed E-state index contributed by atoms with van der Waals surface area (Å²) in [6.07, 6.45) is 59.6. The third-order valence-electron chi connectivity index (χ3n) is 19.2. The maximum absolute atomic E-state index is 13.1. The Morgan fingerprint density at radius 1 is 0.286 bits per heavy atom. The lowest BCUT2D eigenvalue weighted by molar-refractivity contribution is -0.161. The Balaban J connectivity index is 5.20. The van der Waals surface area contributed by atoms with E-state index in [4.69, 9.17) is 37.0 Å². The molecule has 0 spiro atoms. The molecule has 0 aliphatic carbocycles. The second-order valence-electron chi connectivity index (χ2n) is 28.9. The van der Waals surface area contributed by atoms with Crippen molar-refractivity contribution in [3.8, 4) is 0 Å². The molecule has 7 atom stereocenters. The molecule has 19 heteroatoms. The summed E-state index contributed by atoms with van der Waals surface area (Å²) in [5, 5.41) is 10.6. The average molecular weight is 1440 g/mol. The first kappa shape index (κ1) is 96.1. The summed E-state index contributed by atoms with van der Waals surface area (Å²) in [4.78, 5) is 72.9. The van der Waals surface area contributed by atoms with Crippen molar-refractivity contribution in [1.82, 2.24) is 0 Å². The quantitative estimate of drug-likeness (QED) is 0.0222. The van der Waals surface area contributed by atoms with Crippen molar-refractivity contribution in [3.05, 3.63) is 0 Å². The largest absolute Gasteiger partial charge is 0.472 e. The number of carbonyl (C=O) groups excluding carboxylic acids is 4. The Morgan fingerprint density at radius 2 is 0.490 bits per heavy atom. The number of rotatable bonds is 78. The third-order valence-corrected chi connectivity index (χ3v) is 21.1. The van der Waals surface area contributed by atoms with Crippen molar-refractivity contribution in [2.75, 3.05) is 39.6 Å². The van der Waals surface area contributed by atoms with Crippen LogP contribution in [0.3, 0.4) is 0 Å². The standard InChI is InChI=1S/C79H154O17P2/c1-7-11-13-15-17-19-21-22-30-33-37-44-50-56-62-77(82)90-67-74(95-78(83)63-57-51-45-38-34-31-28-26-24-23-25-27-29-32-35-41-47-53-59-71(5)9-3)69-93-97(85,86)91-65-73(80)66-92-98(87,88)94-70-75(68-89-76(81)61-55-49-43-36-20-18-16-14-12-8-2)96-79(84)64-58-52-46-40-39-42-48-54-60-72(6)10-4/h71-75,80H,7-70H2,1-6H3,(H,85,86)(H,87,88)/t71?,72?,73-,74-,75-/m1/s1. The van der Waals surface area contributed by atoms with E-state index in [-0.39, 0.29) is 25.7 Å². The molecule has 582 valence electrons. The van der Waals surface area contributed by atoms with Gasteiger partial charge in [0.15, 0.2) is 12.2 Å². The summed E-state index contributed by atoms with van der Waals surface area (Å²) in [5.74, 6) is -0.472. The van der Waals surface area contributed by atoms with Crippen molar-refractivity contribution in [2.24, 2.45) is 11.8 Å². The molecule has 17 nitrogen and oxygen atoms in total. The molecule has 0 saturated heterocycles. The summed E-state index contributed by atoms with van der Waals surface area (Å²) >= 11 is 0. The number of aliphatic hydroxyl groups is 1. The lowest BCUT2D eigenvalue weighted by Gasteiger charge is -2.21. The maximum atomic E-state index is 13.1. The van der Waals surface area contributed by atoms with Crippen molar-refractivity contribution in [3.63, 3.8) is 0 Å². The highest BCUT2D eigenvalue weighted by atomic mass is 31.2. The van der Waals surface area contributed by atoms with Gasteiger partial charge in [-0.15, -0.1) is 0 Å². The Labute approximate surface area is 600 Å². The van der Waals surface area contributed by atoms with Gasteiger partial charge in [0.25, 0.3) is 0 Å².